The van der Waals surface area contributed by atoms with Gasteiger partial charge in [0.15, 0.2) is 5.82 Å². The second-order valence-corrected chi connectivity index (χ2v) is 7.10. The molecule has 0 radical (unpaired) electrons. The molecule has 2 aliphatic rings. The number of hydrogen-bond donors (Lipinski definition) is 1. The maximum Gasteiger partial charge on any atom is 0.202 e. The molecule has 0 atom stereocenters. The largest absolute Gasteiger partial charge is 0.358 e. The Kier molecular flexibility index (Phi) is 3.42. The number of nitrogens with zero attached hydrogens (tertiary/aromatic N) is 2. The standard InChI is InChI=1S/C17H21N3S/c1-3-7-13(8-4-1)17(11-5-2-6-12-17)15-19-16(21-20-15)18-14-9-10-14/h1,3-4,7-8,14H,2,5-6,9-12H2,(H,18,19,20). The molecule has 1 aromatic carbocycles. The lowest BCUT2D eigenvalue weighted by Gasteiger charge is -2.35. The summed E-state index contributed by atoms with van der Waals surface area (Å²) >= 11 is 1.53. The lowest BCUT2D eigenvalue weighted by molar-refractivity contribution is 0.333. The van der Waals surface area contributed by atoms with Crippen LogP contribution in [-0.2, 0) is 5.41 Å². The van der Waals surface area contributed by atoms with E-state index in [0.29, 0.717) is 6.04 Å². The van der Waals surface area contributed by atoms with Crippen molar-refractivity contribution in [2.45, 2.75) is 56.4 Å². The smallest absolute Gasteiger partial charge is 0.202 e. The quantitative estimate of drug-likeness (QED) is 0.911. The van der Waals surface area contributed by atoms with Gasteiger partial charge in [0.2, 0.25) is 5.13 Å². The van der Waals surface area contributed by atoms with Gasteiger partial charge in [0.1, 0.15) is 0 Å². The highest BCUT2D eigenvalue weighted by molar-refractivity contribution is 7.09. The Labute approximate surface area is 130 Å². The number of benzene rings is 1. The van der Waals surface area contributed by atoms with Gasteiger partial charge in [0.05, 0.1) is 5.41 Å². The predicted molar refractivity (Wildman–Crippen MR) is 86.9 cm³/mol. The third-order valence-electron chi connectivity index (χ3n) is 4.79. The van der Waals surface area contributed by atoms with E-state index in [-0.39, 0.29) is 5.41 Å². The Bertz CT molecular complexity index is 598. The number of anilines is 1. The van der Waals surface area contributed by atoms with Crippen molar-refractivity contribution in [2.24, 2.45) is 0 Å². The minimum atomic E-state index is 0.0412. The maximum atomic E-state index is 4.86. The van der Waals surface area contributed by atoms with Crippen LogP contribution in [0, 0.1) is 0 Å². The third-order valence-corrected chi connectivity index (χ3v) is 5.44. The van der Waals surface area contributed by atoms with Gasteiger partial charge in [0, 0.05) is 17.6 Å². The molecule has 2 fully saturated rings. The van der Waals surface area contributed by atoms with E-state index in [2.05, 4.69) is 35.6 Å². The van der Waals surface area contributed by atoms with E-state index in [1.54, 1.807) is 0 Å². The Hall–Kier alpha value is -1.42. The molecule has 0 unspecified atom stereocenters. The van der Waals surface area contributed by atoms with E-state index in [4.69, 9.17) is 9.36 Å². The van der Waals surface area contributed by atoms with Crippen LogP contribution in [0.2, 0.25) is 0 Å². The van der Waals surface area contributed by atoms with E-state index in [9.17, 15) is 0 Å². The molecule has 1 aromatic heterocycles. The average molecular weight is 299 g/mol. The van der Waals surface area contributed by atoms with Crippen LogP contribution in [0.4, 0.5) is 5.13 Å². The molecule has 0 amide bonds. The Balaban J connectivity index is 1.69. The Morgan fingerprint density at radius 1 is 1.05 bits per heavy atom. The predicted octanol–water partition coefficient (Wildman–Crippen LogP) is 4.36. The Morgan fingerprint density at radius 3 is 2.52 bits per heavy atom. The molecule has 4 heteroatoms. The van der Waals surface area contributed by atoms with Crippen molar-refractivity contribution >= 4 is 16.7 Å². The van der Waals surface area contributed by atoms with Crippen molar-refractivity contribution < 1.29 is 0 Å². The SMILES string of the molecule is c1ccc(C2(c3nsc(NC4CC4)n3)CCCCC2)cc1. The minimum absolute atomic E-state index is 0.0412. The fraction of sp³-hybridized carbons (Fsp3) is 0.529. The van der Waals surface area contributed by atoms with Crippen molar-refractivity contribution in [3.05, 3.63) is 41.7 Å². The molecule has 4 rings (SSSR count). The van der Waals surface area contributed by atoms with E-state index in [1.807, 2.05) is 0 Å². The molecule has 2 aromatic rings. The van der Waals surface area contributed by atoms with Crippen molar-refractivity contribution in [3.8, 4) is 0 Å². The van der Waals surface area contributed by atoms with Crippen molar-refractivity contribution in [1.82, 2.24) is 9.36 Å². The summed E-state index contributed by atoms with van der Waals surface area (Å²) in [6, 6.07) is 11.5. The molecular formula is C17H21N3S. The second kappa shape index (κ2) is 5.41. The lowest BCUT2D eigenvalue weighted by atomic mass is 9.69. The van der Waals surface area contributed by atoms with E-state index in [0.717, 1.165) is 11.0 Å². The molecule has 0 bridgehead atoms. The number of rotatable bonds is 4. The zero-order valence-corrected chi connectivity index (χ0v) is 13.0. The topological polar surface area (TPSA) is 37.8 Å². The van der Waals surface area contributed by atoms with Gasteiger partial charge in [0.25, 0.3) is 0 Å². The second-order valence-electron chi connectivity index (χ2n) is 6.35. The molecule has 1 N–H and O–H groups in total. The summed E-state index contributed by atoms with van der Waals surface area (Å²) in [5.74, 6) is 1.04. The normalized spacial score (nSPS) is 21.1. The van der Waals surface area contributed by atoms with E-state index in [1.165, 1.54) is 62.0 Å². The highest BCUT2D eigenvalue weighted by atomic mass is 32.1. The van der Waals surface area contributed by atoms with Crippen molar-refractivity contribution in [1.29, 1.82) is 0 Å². The summed E-state index contributed by atoms with van der Waals surface area (Å²) in [5, 5.41) is 4.50. The summed E-state index contributed by atoms with van der Waals surface area (Å²) < 4.78 is 4.74. The third kappa shape index (κ3) is 2.57. The average Bonchev–Trinajstić information content (AvgIpc) is 3.24. The first-order valence-electron chi connectivity index (χ1n) is 8.03. The van der Waals surface area contributed by atoms with Crippen LogP contribution >= 0.6 is 11.5 Å². The molecule has 0 saturated heterocycles. The van der Waals surface area contributed by atoms with Gasteiger partial charge in [-0.3, -0.25) is 0 Å². The number of aromatic nitrogens is 2. The highest BCUT2D eigenvalue weighted by Crippen LogP contribution is 2.44. The van der Waals surface area contributed by atoms with Crippen LogP contribution in [0.15, 0.2) is 30.3 Å². The lowest BCUT2D eigenvalue weighted by Crippen LogP contribution is -2.31. The van der Waals surface area contributed by atoms with Crippen molar-refractivity contribution in [2.75, 3.05) is 5.32 Å². The van der Waals surface area contributed by atoms with Gasteiger partial charge in [-0.05, 0) is 31.2 Å². The van der Waals surface area contributed by atoms with Gasteiger partial charge >= 0.3 is 0 Å². The van der Waals surface area contributed by atoms with Gasteiger partial charge in [-0.15, -0.1) is 0 Å². The maximum absolute atomic E-state index is 4.86. The summed E-state index contributed by atoms with van der Waals surface area (Å²) in [6.45, 7) is 0. The van der Waals surface area contributed by atoms with Gasteiger partial charge in [-0.1, -0.05) is 49.6 Å². The van der Waals surface area contributed by atoms with Crippen LogP contribution < -0.4 is 5.32 Å². The molecule has 3 nitrogen and oxygen atoms in total. The summed E-state index contributed by atoms with van der Waals surface area (Å²) in [6.07, 6.45) is 8.80. The van der Waals surface area contributed by atoms with Crippen LogP contribution in [0.1, 0.15) is 56.3 Å². The molecule has 1 heterocycles. The zero-order valence-electron chi connectivity index (χ0n) is 12.2. The van der Waals surface area contributed by atoms with Gasteiger partial charge < -0.3 is 5.32 Å². The van der Waals surface area contributed by atoms with Crippen LogP contribution in [-0.4, -0.2) is 15.4 Å². The van der Waals surface area contributed by atoms with E-state index >= 15 is 0 Å². The first-order chi connectivity index (χ1) is 10.4. The zero-order chi connectivity index (χ0) is 14.1. The van der Waals surface area contributed by atoms with E-state index < -0.39 is 0 Å². The molecule has 2 aliphatic carbocycles. The van der Waals surface area contributed by atoms with Crippen LogP contribution in [0.25, 0.3) is 0 Å². The summed E-state index contributed by atoms with van der Waals surface area (Å²) in [4.78, 5) is 4.86. The van der Waals surface area contributed by atoms with Gasteiger partial charge in [-0.2, -0.15) is 4.37 Å². The van der Waals surface area contributed by atoms with Crippen LogP contribution in [0.5, 0.6) is 0 Å². The monoisotopic (exact) mass is 299 g/mol. The van der Waals surface area contributed by atoms with Gasteiger partial charge in [-0.25, -0.2) is 4.98 Å². The van der Waals surface area contributed by atoms with Crippen molar-refractivity contribution in [3.63, 3.8) is 0 Å². The highest BCUT2D eigenvalue weighted by Gasteiger charge is 2.39. The fourth-order valence-electron chi connectivity index (χ4n) is 3.43. The molecule has 21 heavy (non-hydrogen) atoms. The minimum Gasteiger partial charge on any atom is -0.358 e. The number of nitrogens with one attached hydrogen (secondary N) is 1. The Morgan fingerprint density at radius 2 is 1.81 bits per heavy atom. The number of hydrogen-bond acceptors (Lipinski definition) is 4. The molecule has 0 spiro atoms. The van der Waals surface area contributed by atoms with Crippen LogP contribution in [0.3, 0.4) is 0 Å². The molecule has 0 aliphatic heterocycles. The summed E-state index contributed by atoms with van der Waals surface area (Å²) in [7, 11) is 0. The molecular weight excluding hydrogens is 278 g/mol. The first kappa shape index (κ1) is 13.3. The molecule has 2 saturated carbocycles. The fourth-order valence-corrected chi connectivity index (χ4v) is 4.17. The summed E-state index contributed by atoms with van der Waals surface area (Å²) in [5.41, 5.74) is 1.43. The first-order valence-corrected chi connectivity index (χ1v) is 8.80. The molecule has 110 valence electrons.